The molecule has 0 aliphatic carbocycles. The molecule has 17 heavy (non-hydrogen) atoms. The molecule has 1 aromatic rings. The number of hydrogen-bond acceptors (Lipinski definition) is 2. The van der Waals surface area contributed by atoms with Crippen molar-refractivity contribution in [1.82, 2.24) is 0 Å². The van der Waals surface area contributed by atoms with Gasteiger partial charge in [-0.25, -0.2) is 0 Å². The molecule has 1 unspecified atom stereocenters. The molecule has 0 bridgehead atoms. The average Bonchev–Trinajstić information content (AvgIpc) is 2.59. The van der Waals surface area contributed by atoms with Crippen LogP contribution in [0.2, 0.25) is 0 Å². The van der Waals surface area contributed by atoms with E-state index < -0.39 is 23.2 Å². The standard InChI is InChI=1S/C10H7ClF3NO2/c11-8-9(16)15(5-17-8)7-3-1-2-6(4-7)10(12,13)14/h1-4,8H,5H2. The number of ether oxygens (including phenoxy) is 1. The summed E-state index contributed by atoms with van der Waals surface area (Å²) in [5, 5.41) is 0. The lowest BCUT2D eigenvalue weighted by atomic mass is 10.2. The second-order valence-electron chi connectivity index (χ2n) is 3.43. The van der Waals surface area contributed by atoms with Crippen molar-refractivity contribution >= 4 is 23.2 Å². The highest BCUT2D eigenvalue weighted by Gasteiger charge is 2.34. The minimum Gasteiger partial charge on any atom is -0.332 e. The van der Waals surface area contributed by atoms with Gasteiger partial charge < -0.3 is 4.74 Å². The van der Waals surface area contributed by atoms with Crippen LogP contribution in [-0.2, 0) is 15.7 Å². The molecule has 1 fully saturated rings. The van der Waals surface area contributed by atoms with Crippen LogP contribution in [0.4, 0.5) is 18.9 Å². The predicted octanol–water partition coefficient (Wildman–Crippen LogP) is 2.59. The Morgan fingerprint density at radius 2 is 2.12 bits per heavy atom. The molecule has 1 aliphatic rings. The molecule has 1 atom stereocenters. The molecule has 92 valence electrons. The highest BCUT2D eigenvalue weighted by molar-refractivity contribution is 6.32. The minimum absolute atomic E-state index is 0.118. The number of anilines is 1. The first-order valence-electron chi connectivity index (χ1n) is 4.64. The molecule has 1 aromatic carbocycles. The van der Waals surface area contributed by atoms with Gasteiger partial charge in [0, 0.05) is 5.69 Å². The normalized spacial score (nSPS) is 21.1. The summed E-state index contributed by atoms with van der Waals surface area (Å²) in [6.07, 6.45) is -4.44. The fraction of sp³-hybridized carbons (Fsp3) is 0.300. The Hall–Kier alpha value is -1.27. The Kier molecular flexibility index (Phi) is 3.01. The number of benzene rings is 1. The van der Waals surface area contributed by atoms with Crippen molar-refractivity contribution in [1.29, 1.82) is 0 Å². The van der Waals surface area contributed by atoms with Crippen LogP contribution in [0.15, 0.2) is 24.3 Å². The number of alkyl halides is 4. The topological polar surface area (TPSA) is 29.5 Å². The summed E-state index contributed by atoms with van der Waals surface area (Å²) in [7, 11) is 0. The monoisotopic (exact) mass is 265 g/mol. The molecule has 0 aromatic heterocycles. The second-order valence-corrected chi connectivity index (χ2v) is 3.82. The van der Waals surface area contributed by atoms with E-state index in [-0.39, 0.29) is 12.4 Å². The van der Waals surface area contributed by atoms with Gasteiger partial charge >= 0.3 is 6.18 Å². The Morgan fingerprint density at radius 1 is 1.41 bits per heavy atom. The molecule has 0 spiro atoms. The Labute approximate surface area is 99.7 Å². The molecule has 0 saturated carbocycles. The van der Waals surface area contributed by atoms with Gasteiger partial charge in [-0.05, 0) is 18.2 Å². The second kappa shape index (κ2) is 4.19. The molecular weight excluding hydrogens is 259 g/mol. The number of carbonyl (C=O) groups excluding carboxylic acids is 1. The zero-order chi connectivity index (χ0) is 12.6. The van der Waals surface area contributed by atoms with Gasteiger partial charge in [-0.15, -0.1) is 0 Å². The molecule has 1 amide bonds. The molecule has 3 nitrogen and oxygen atoms in total. The average molecular weight is 266 g/mol. The van der Waals surface area contributed by atoms with Crippen LogP contribution in [0.3, 0.4) is 0 Å². The molecule has 1 saturated heterocycles. The molecule has 0 radical (unpaired) electrons. The number of nitrogens with zero attached hydrogens (tertiary/aromatic N) is 1. The van der Waals surface area contributed by atoms with Gasteiger partial charge in [-0.2, -0.15) is 13.2 Å². The molecular formula is C10H7ClF3NO2. The maximum Gasteiger partial charge on any atom is 0.416 e. The number of halogens is 4. The van der Waals surface area contributed by atoms with E-state index in [2.05, 4.69) is 0 Å². The van der Waals surface area contributed by atoms with Crippen LogP contribution in [0, 0.1) is 0 Å². The molecule has 1 heterocycles. The number of carbonyl (C=O) groups is 1. The first-order valence-corrected chi connectivity index (χ1v) is 5.07. The van der Waals surface area contributed by atoms with Crippen molar-refractivity contribution in [3.8, 4) is 0 Å². The van der Waals surface area contributed by atoms with Crippen molar-refractivity contribution in [2.75, 3.05) is 11.6 Å². The van der Waals surface area contributed by atoms with E-state index in [1.165, 1.54) is 12.1 Å². The van der Waals surface area contributed by atoms with E-state index in [0.29, 0.717) is 0 Å². The smallest absolute Gasteiger partial charge is 0.332 e. The third-order valence-corrected chi connectivity index (χ3v) is 2.61. The lowest BCUT2D eigenvalue weighted by Gasteiger charge is -2.15. The highest BCUT2D eigenvalue weighted by Crippen LogP contribution is 2.32. The minimum atomic E-state index is -4.44. The number of hydrogen-bond donors (Lipinski definition) is 0. The lowest BCUT2D eigenvalue weighted by molar-refractivity contribution is -0.137. The SMILES string of the molecule is O=C1C(Cl)OCN1c1cccc(C(F)(F)F)c1. The van der Waals surface area contributed by atoms with Gasteiger partial charge in [-0.1, -0.05) is 17.7 Å². The van der Waals surface area contributed by atoms with E-state index in [0.717, 1.165) is 17.0 Å². The zero-order valence-electron chi connectivity index (χ0n) is 8.37. The van der Waals surface area contributed by atoms with Crippen molar-refractivity contribution in [3.05, 3.63) is 29.8 Å². The third-order valence-electron chi connectivity index (χ3n) is 2.30. The van der Waals surface area contributed by atoms with Crippen molar-refractivity contribution in [3.63, 3.8) is 0 Å². The number of amides is 1. The Bertz CT molecular complexity index is 449. The summed E-state index contributed by atoms with van der Waals surface area (Å²) in [6.45, 7) is -0.145. The summed E-state index contributed by atoms with van der Waals surface area (Å²) in [5.74, 6) is -0.564. The maximum atomic E-state index is 12.5. The van der Waals surface area contributed by atoms with E-state index in [1.54, 1.807) is 0 Å². The maximum absolute atomic E-state index is 12.5. The summed E-state index contributed by atoms with van der Waals surface area (Å²) >= 11 is 5.50. The predicted molar refractivity (Wildman–Crippen MR) is 54.5 cm³/mol. The lowest BCUT2D eigenvalue weighted by Crippen LogP contribution is -2.27. The van der Waals surface area contributed by atoms with Gasteiger partial charge in [0.2, 0.25) is 5.56 Å². The summed E-state index contributed by atoms with van der Waals surface area (Å²) < 4.78 is 42.2. The van der Waals surface area contributed by atoms with Crippen molar-refractivity contribution in [2.24, 2.45) is 0 Å². The quantitative estimate of drug-likeness (QED) is 0.731. The van der Waals surface area contributed by atoms with Gasteiger partial charge in [-0.3, -0.25) is 9.69 Å². The molecule has 1 aliphatic heterocycles. The third kappa shape index (κ3) is 2.37. The number of rotatable bonds is 1. The van der Waals surface area contributed by atoms with Gasteiger partial charge in [0.15, 0.2) is 0 Å². The van der Waals surface area contributed by atoms with E-state index >= 15 is 0 Å². The highest BCUT2D eigenvalue weighted by atomic mass is 35.5. The summed E-state index contributed by atoms with van der Waals surface area (Å²) in [6, 6.07) is 4.44. The largest absolute Gasteiger partial charge is 0.416 e. The molecule has 7 heteroatoms. The first-order chi connectivity index (χ1) is 7.89. The van der Waals surface area contributed by atoms with E-state index in [1.807, 2.05) is 0 Å². The fourth-order valence-corrected chi connectivity index (χ4v) is 1.62. The van der Waals surface area contributed by atoms with Crippen LogP contribution in [-0.4, -0.2) is 18.2 Å². The van der Waals surface area contributed by atoms with Crippen LogP contribution in [0.1, 0.15) is 5.56 Å². The van der Waals surface area contributed by atoms with Crippen LogP contribution in [0.25, 0.3) is 0 Å². The fourth-order valence-electron chi connectivity index (χ4n) is 1.45. The molecule has 2 rings (SSSR count). The van der Waals surface area contributed by atoms with Crippen molar-refractivity contribution in [2.45, 2.75) is 11.7 Å². The van der Waals surface area contributed by atoms with Crippen LogP contribution in [0.5, 0.6) is 0 Å². The first kappa shape index (κ1) is 12.2. The van der Waals surface area contributed by atoms with E-state index in [9.17, 15) is 18.0 Å². The van der Waals surface area contributed by atoms with Crippen LogP contribution >= 0.6 is 11.6 Å². The summed E-state index contributed by atoms with van der Waals surface area (Å²) in [4.78, 5) is 12.5. The Balaban J connectivity index is 2.31. The molecule has 0 N–H and O–H groups in total. The zero-order valence-corrected chi connectivity index (χ0v) is 9.13. The van der Waals surface area contributed by atoms with Crippen molar-refractivity contribution < 1.29 is 22.7 Å². The van der Waals surface area contributed by atoms with Gasteiger partial charge in [0.05, 0.1) is 5.56 Å². The summed E-state index contributed by atoms with van der Waals surface area (Å²) in [5.41, 5.74) is -1.83. The van der Waals surface area contributed by atoms with Gasteiger partial charge in [0.1, 0.15) is 6.73 Å². The van der Waals surface area contributed by atoms with E-state index in [4.69, 9.17) is 16.3 Å². The van der Waals surface area contributed by atoms with Gasteiger partial charge in [0.25, 0.3) is 5.91 Å². The van der Waals surface area contributed by atoms with Crippen LogP contribution < -0.4 is 4.90 Å². The Morgan fingerprint density at radius 3 is 2.65 bits per heavy atom.